The van der Waals surface area contributed by atoms with Gasteiger partial charge in [-0.2, -0.15) is 14.8 Å². The Balaban J connectivity index is 1.17. The predicted octanol–water partition coefficient (Wildman–Crippen LogP) is -0.229. The average Bonchev–Trinajstić information content (AvgIpc) is 3.78. The van der Waals surface area contributed by atoms with Gasteiger partial charge in [0.25, 0.3) is 5.56 Å². The molecule has 8 atom stereocenters. The first-order valence-electron chi connectivity index (χ1n) is 13.0. The van der Waals surface area contributed by atoms with Gasteiger partial charge in [-0.25, -0.2) is 18.9 Å². The SMILES string of the molecule is COP(O)(=S)OC[C@H]1O[C@@H](n2nnc3c(=O)[nH]c(N)nc32)[C@H](OP(O)(=S)OC[C@@H]2CC[C@H](c3cnc4c(N)ncnn34)O2)[C@H]1F. The quantitative estimate of drug-likeness (QED) is 0.126. The topological polar surface area (TPSA) is 267 Å². The van der Waals surface area contributed by atoms with Gasteiger partial charge in [0.1, 0.15) is 24.6 Å². The Hall–Kier alpha value is -2.66. The first-order chi connectivity index (χ1) is 21.4. The molecule has 0 saturated carbocycles. The number of rotatable bonds is 11. The van der Waals surface area contributed by atoms with Crippen LogP contribution in [0.2, 0.25) is 0 Å². The molecule has 45 heavy (non-hydrogen) atoms. The number of imidazole rings is 1. The van der Waals surface area contributed by atoms with Crippen molar-refractivity contribution in [3.8, 4) is 0 Å². The van der Waals surface area contributed by atoms with E-state index >= 15 is 4.39 Å². The molecule has 0 radical (unpaired) electrons. The first kappa shape index (κ1) is 32.3. The van der Waals surface area contributed by atoms with Crippen molar-refractivity contribution in [1.29, 1.82) is 0 Å². The van der Waals surface area contributed by atoms with Crippen LogP contribution >= 0.6 is 13.4 Å². The number of aromatic amines is 1. The lowest BCUT2D eigenvalue weighted by Gasteiger charge is -2.25. The molecule has 0 amide bonds. The highest BCUT2D eigenvalue weighted by atomic mass is 32.5. The van der Waals surface area contributed by atoms with Crippen molar-refractivity contribution >= 4 is 65.6 Å². The molecule has 4 aromatic rings. The van der Waals surface area contributed by atoms with E-state index in [0.717, 1.165) is 11.8 Å². The monoisotopic (exact) mass is 709 g/mol. The molecule has 0 aromatic carbocycles. The highest BCUT2D eigenvalue weighted by Crippen LogP contribution is 2.51. The lowest BCUT2D eigenvalue weighted by Crippen LogP contribution is -2.32. The number of H-pyrrole nitrogens is 1. The number of halogens is 1. The van der Waals surface area contributed by atoms with Gasteiger partial charge in [-0.3, -0.25) is 14.3 Å². The summed E-state index contributed by atoms with van der Waals surface area (Å²) in [6.45, 7) is -8.64. The molecular weight excluding hydrogens is 683 g/mol. The summed E-state index contributed by atoms with van der Waals surface area (Å²) in [7, 11) is 1.13. The molecule has 0 aliphatic carbocycles. The number of hydrogen-bond acceptors (Lipinski definition) is 17. The Kier molecular flexibility index (Phi) is 8.97. The third-order valence-electron chi connectivity index (χ3n) is 6.96. The number of anilines is 2. The van der Waals surface area contributed by atoms with Crippen LogP contribution in [0.25, 0.3) is 16.8 Å². The van der Waals surface area contributed by atoms with Gasteiger partial charge in [-0.05, 0) is 36.5 Å². The fourth-order valence-electron chi connectivity index (χ4n) is 4.87. The van der Waals surface area contributed by atoms with Gasteiger partial charge in [0.05, 0.1) is 31.2 Å². The van der Waals surface area contributed by atoms with Crippen molar-refractivity contribution in [2.45, 2.75) is 49.7 Å². The summed E-state index contributed by atoms with van der Waals surface area (Å²) in [5.41, 5.74) is 11.5. The molecule has 20 nitrogen and oxygen atoms in total. The summed E-state index contributed by atoms with van der Waals surface area (Å²) in [6, 6.07) is 0. The van der Waals surface area contributed by atoms with Crippen molar-refractivity contribution in [2.24, 2.45) is 0 Å². The Bertz CT molecular complexity index is 1880. The Morgan fingerprint density at radius 3 is 2.71 bits per heavy atom. The van der Waals surface area contributed by atoms with Gasteiger partial charge in [-0.15, -0.1) is 5.10 Å². The van der Waals surface area contributed by atoms with E-state index in [9.17, 15) is 14.6 Å². The first-order valence-corrected chi connectivity index (χ1v) is 18.2. The lowest BCUT2D eigenvalue weighted by molar-refractivity contribution is -0.0538. The van der Waals surface area contributed by atoms with Crippen LogP contribution in [0.4, 0.5) is 16.2 Å². The van der Waals surface area contributed by atoms with Crippen LogP contribution in [0, 0.1) is 0 Å². The minimum absolute atomic E-state index is 0.162. The van der Waals surface area contributed by atoms with Crippen LogP contribution in [-0.4, -0.2) is 99.1 Å². The van der Waals surface area contributed by atoms with Crippen molar-refractivity contribution in [1.82, 2.24) is 44.5 Å². The molecule has 2 aliphatic heterocycles. The van der Waals surface area contributed by atoms with Crippen LogP contribution < -0.4 is 17.0 Å². The molecule has 25 heteroatoms. The highest BCUT2D eigenvalue weighted by Gasteiger charge is 2.51. The third kappa shape index (κ3) is 6.62. The maximum atomic E-state index is 15.9. The number of aromatic nitrogens is 9. The van der Waals surface area contributed by atoms with E-state index in [-0.39, 0.29) is 29.5 Å². The van der Waals surface area contributed by atoms with E-state index in [1.165, 1.54) is 10.8 Å². The van der Waals surface area contributed by atoms with Gasteiger partial charge in [0.2, 0.25) is 5.95 Å². The van der Waals surface area contributed by atoms with Crippen molar-refractivity contribution < 1.29 is 41.7 Å². The number of nitrogens with one attached hydrogen (secondary N) is 1. The molecule has 2 saturated heterocycles. The summed E-state index contributed by atoms with van der Waals surface area (Å²) in [6.07, 6.45) is -3.60. The van der Waals surface area contributed by atoms with Crippen LogP contribution in [0.15, 0.2) is 17.3 Å². The largest absolute Gasteiger partial charge is 0.381 e. The number of nitrogen functional groups attached to an aromatic ring is 2. The van der Waals surface area contributed by atoms with Crippen LogP contribution in [0.1, 0.15) is 30.9 Å². The molecule has 244 valence electrons. The number of nitrogens with two attached hydrogens (primary N) is 2. The van der Waals surface area contributed by atoms with E-state index in [4.69, 9.17) is 62.6 Å². The lowest BCUT2D eigenvalue weighted by atomic mass is 10.1. The van der Waals surface area contributed by atoms with Crippen molar-refractivity contribution in [2.75, 3.05) is 31.8 Å². The summed E-state index contributed by atoms with van der Waals surface area (Å²) >= 11 is 10.0. The summed E-state index contributed by atoms with van der Waals surface area (Å²) in [4.78, 5) is 47.7. The molecule has 2 fully saturated rings. The molecule has 6 rings (SSSR count). The minimum Gasteiger partial charge on any atom is -0.381 e. The minimum atomic E-state index is -4.18. The maximum Gasteiger partial charge on any atom is 0.325 e. The molecule has 4 aromatic heterocycles. The standard InChI is InChI=1S/C20H26FN11O9P2S2/c1-36-42(34,44)38-6-11-12(21)14(19(40-11)32-16-13(29-30-32)18(33)28-20(23)27-16)41-43(35,45)37-5-8-2-3-10(39-8)9-4-24-17-15(22)25-7-26-31(9)17/h4,7-8,10-12,14,19H,2-3,5-6H2,1H3,(H,34,44)(H,35,45)(H2,22,25,26)(H3,23,27,28,33)/t8-,10+,11+,12-,14+,19+,42?,43?/m0/s1. The molecule has 2 unspecified atom stereocenters. The molecule has 0 spiro atoms. The normalized spacial score (nSPS) is 28.1. The summed E-state index contributed by atoms with van der Waals surface area (Å²) in [5.74, 6) is -0.0545. The number of hydrogen-bond donors (Lipinski definition) is 5. The van der Waals surface area contributed by atoms with E-state index in [1.54, 1.807) is 6.20 Å². The van der Waals surface area contributed by atoms with Crippen LogP contribution in [0.5, 0.6) is 0 Å². The fourth-order valence-corrected chi connectivity index (χ4v) is 6.91. The number of ether oxygens (including phenoxy) is 2. The number of nitrogens with zero attached hydrogens (tertiary/aromatic N) is 8. The smallest absolute Gasteiger partial charge is 0.325 e. The van der Waals surface area contributed by atoms with Gasteiger partial charge in [-0.1, -0.05) is 5.21 Å². The molecule has 2 aliphatic rings. The second-order valence-corrected chi connectivity index (χ2v) is 15.6. The van der Waals surface area contributed by atoms with Crippen molar-refractivity contribution in [3.63, 3.8) is 0 Å². The van der Waals surface area contributed by atoms with E-state index in [0.29, 0.717) is 24.2 Å². The van der Waals surface area contributed by atoms with Crippen molar-refractivity contribution in [3.05, 3.63) is 28.6 Å². The molecular formula is C20H26FN11O9P2S2. The van der Waals surface area contributed by atoms with Crippen LogP contribution in [-0.2, 0) is 51.2 Å². The fraction of sp³-hybridized carbons (Fsp3) is 0.550. The molecule has 0 bridgehead atoms. The second kappa shape index (κ2) is 12.5. The Morgan fingerprint density at radius 2 is 1.93 bits per heavy atom. The van der Waals surface area contributed by atoms with Gasteiger partial charge < -0.3 is 44.3 Å². The van der Waals surface area contributed by atoms with Crippen LogP contribution in [0.3, 0.4) is 0 Å². The zero-order valence-electron chi connectivity index (χ0n) is 23.0. The zero-order valence-corrected chi connectivity index (χ0v) is 26.4. The molecule has 7 N–H and O–H groups in total. The zero-order chi connectivity index (χ0) is 32.1. The Morgan fingerprint density at radius 1 is 1.16 bits per heavy atom. The number of fused-ring (bicyclic) bond motifs is 2. The molecule has 6 heterocycles. The second-order valence-electron chi connectivity index (χ2n) is 9.84. The van der Waals surface area contributed by atoms with Gasteiger partial charge in [0.15, 0.2) is 35.0 Å². The van der Waals surface area contributed by atoms with Gasteiger partial charge >= 0.3 is 13.4 Å². The number of alkyl halides is 1. The maximum absolute atomic E-state index is 15.9. The van der Waals surface area contributed by atoms with E-state index in [1.807, 2.05) is 0 Å². The summed E-state index contributed by atoms with van der Waals surface area (Å²) < 4.78 is 51.3. The Labute approximate surface area is 261 Å². The predicted molar refractivity (Wildman–Crippen MR) is 158 cm³/mol. The van der Waals surface area contributed by atoms with E-state index < -0.39 is 62.4 Å². The summed E-state index contributed by atoms with van der Waals surface area (Å²) in [5, 5.41) is 11.8. The van der Waals surface area contributed by atoms with E-state index in [2.05, 4.69) is 35.3 Å². The third-order valence-corrected chi connectivity index (χ3v) is 10.2. The average molecular weight is 710 g/mol. The highest BCUT2D eigenvalue weighted by molar-refractivity contribution is 8.07. The van der Waals surface area contributed by atoms with Gasteiger partial charge in [0, 0.05) is 7.11 Å².